The minimum Gasteiger partial charge on any atom is -0.481 e. The van der Waals surface area contributed by atoms with E-state index in [1.165, 1.54) is 6.92 Å². The van der Waals surface area contributed by atoms with E-state index in [-0.39, 0.29) is 13.1 Å². The summed E-state index contributed by atoms with van der Waals surface area (Å²) in [5.41, 5.74) is 5.15. The highest BCUT2D eigenvalue weighted by atomic mass is 16.4. The first-order valence-corrected chi connectivity index (χ1v) is 3.89. The van der Waals surface area contributed by atoms with Crippen molar-refractivity contribution >= 4 is 11.9 Å². The number of carbonyl (C=O) groups is 2. The highest BCUT2D eigenvalue weighted by Gasteiger charge is 2.28. The molecule has 2 unspecified atom stereocenters. The van der Waals surface area contributed by atoms with E-state index < -0.39 is 23.9 Å². The molecular weight excluding hydrogens is 176 g/mol. The second kappa shape index (κ2) is 5.50. The Hall–Kier alpha value is -1.14. The van der Waals surface area contributed by atoms with Gasteiger partial charge in [-0.05, 0) is 6.92 Å². The molecule has 2 atom stereocenters. The van der Waals surface area contributed by atoms with Crippen LogP contribution >= 0.6 is 0 Å². The summed E-state index contributed by atoms with van der Waals surface area (Å²) >= 11 is 0. The van der Waals surface area contributed by atoms with Crippen LogP contribution in [0.3, 0.4) is 0 Å². The maximum atomic E-state index is 10.6. The molecule has 5 N–H and O–H groups in total. The second-order valence-electron chi connectivity index (χ2n) is 2.69. The standard InChI is InChI=1S/C7H14N2O4/c1-4(6(10)11)5(7(12)13)9-3-2-8/h4-5,9H,2-3,8H2,1H3,(H,10,11)(H,12,13). The topological polar surface area (TPSA) is 113 Å². The number of carboxylic acids is 2. The number of hydrogen-bond donors (Lipinski definition) is 4. The van der Waals surface area contributed by atoms with Crippen LogP contribution < -0.4 is 11.1 Å². The van der Waals surface area contributed by atoms with Crippen molar-refractivity contribution in [1.29, 1.82) is 0 Å². The molecule has 76 valence electrons. The smallest absolute Gasteiger partial charge is 0.321 e. The normalized spacial score (nSPS) is 14.9. The summed E-state index contributed by atoms with van der Waals surface area (Å²) < 4.78 is 0. The maximum Gasteiger partial charge on any atom is 0.321 e. The number of aliphatic carboxylic acids is 2. The predicted molar refractivity (Wildman–Crippen MR) is 45.3 cm³/mol. The number of carboxylic acid groups (broad SMARTS) is 2. The van der Waals surface area contributed by atoms with Crippen molar-refractivity contribution in [3.05, 3.63) is 0 Å². The molecule has 0 radical (unpaired) electrons. The summed E-state index contributed by atoms with van der Waals surface area (Å²) in [6.45, 7) is 1.90. The molecule has 0 bridgehead atoms. The Labute approximate surface area is 75.7 Å². The van der Waals surface area contributed by atoms with Crippen molar-refractivity contribution in [1.82, 2.24) is 5.32 Å². The average Bonchev–Trinajstić information content (AvgIpc) is 2.04. The average molecular weight is 190 g/mol. The van der Waals surface area contributed by atoms with Crippen LogP contribution in [-0.4, -0.2) is 41.3 Å². The van der Waals surface area contributed by atoms with Gasteiger partial charge in [0.25, 0.3) is 0 Å². The van der Waals surface area contributed by atoms with Crippen LogP contribution in [0.25, 0.3) is 0 Å². The highest BCUT2D eigenvalue weighted by Crippen LogP contribution is 2.02. The zero-order valence-corrected chi connectivity index (χ0v) is 7.36. The molecule has 0 rings (SSSR count). The lowest BCUT2D eigenvalue weighted by molar-refractivity contribution is -0.150. The van der Waals surface area contributed by atoms with Crippen LogP contribution in [0, 0.1) is 5.92 Å². The lowest BCUT2D eigenvalue weighted by Gasteiger charge is -2.17. The molecule has 0 spiro atoms. The van der Waals surface area contributed by atoms with Crippen molar-refractivity contribution in [3.63, 3.8) is 0 Å². The van der Waals surface area contributed by atoms with Crippen LogP contribution in [0.4, 0.5) is 0 Å². The Morgan fingerprint density at radius 1 is 1.38 bits per heavy atom. The molecule has 13 heavy (non-hydrogen) atoms. The molecular formula is C7H14N2O4. The van der Waals surface area contributed by atoms with Crippen LogP contribution in [-0.2, 0) is 9.59 Å². The maximum absolute atomic E-state index is 10.6. The predicted octanol–water partition coefficient (Wildman–Crippen LogP) is -1.29. The number of nitrogens with one attached hydrogen (secondary N) is 1. The quantitative estimate of drug-likeness (QED) is 0.414. The zero-order valence-electron chi connectivity index (χ0n) is 7.36. The molecule has 0 saturated heterocycles. The van der Waals surface area contributed by atoms with Crippen LogP contribution in [0.5, 0.6) is 0 Å². The first-order chi connectivity index (χ1) is 6.00. The van der Waals surface area contributed by atoms with Gasteiger partial charge in [-0.2, -0.15) is 0 Å². The summed E-state index contributed by atoms with van der Waals surface area (Å²) in [6.07, 6.45) is 0. The lowest BCUT2D eigenvalue weighted by atomic mass is 10.0. The fraction of sp³-hybridized carbons (Fsp3) is 0.714. The largest absolute Gasteiger partial charge is 0.481 e. The minimum atomic E-state index is -1.18. The number of hydrogen-bond acceptors (Lipinski definition) is 4. The third-order valence-electron chi connectivity index (χ3n) is 1.66. The molecule has 6 nitrogen and oxygen atoms in total. The van der Waals surface area contributed by atoms with E-state index in [1.54, 1.807) is 0 Å². The molecule has 0 aromatic carbocycles. The molecule has 0 heterocycles. The van der Waals surface area contributed by atoms with E-state index in [0.717, 1.165) is 0 Å². The first kappa shape index (κ1) is 11.9. The Morgan fingerprint density at radius 2 is 1.92 bits per heavy atom. The molecule has 0 aliphatic carbocycles. The Balaban J connectivity index is 4.24. The molecule has 0 fully saturated rings. The molecule has 0 aliphatic heterocycles. The van der Waals surface area contributed by atoms with Crippen molar-refractivity contribution < 1.29 is 19.8 Å². The molecule has 0 aliphatic rings. The zero-order chi connectivity index (χ0) is 10.4. The van der Waals surface area contributed by atoms with Gasteiger partial charge in [0.05, 0.1) is 5.92 Å². The van der Waals surface area contributed by atoms with E-state index in [2.05, 4.69) is 5.32 Å². The fourth-order valence-electron chi connectivity index (χ4n) is 0.859. The molecule has 0 amide bonds. The fourth-order valence-corrected chi connectivity index (χ4v) is 0.859. The van der Waals surface area contributed by atoms with Crippen molar-refractivity contribution in [2.75, 3.05) is 13.1 Å². The van der Waals surface area contributed by atoms with Crippen LogP contribution in [0.2, 0.25) is 0 Å². The minimum absolute atomic E-state index is 0.274. The molecule has 0 aromatic heterocycles. The van der Waals surface area contributed by atoms with E-state index in [0.29, 0.717) is 0 Å². The summed E-state index contributed by atoms with van der Waals surface area (Å²) in [7, 11) is 0. The lowest BCUT2D eigenvalue weighted by Crippen LogP contribution is -2.46. The van der Waals surface area contributed by atoms with Gasteiger partial charge in [-0.3, -0.25) is 9.59 Å². The van der Waals surface area contributed by atoms with Gasteiger partial charge >= 0.3 is 11.9 Å². The highest BCUT2D eigenvalue weighted by molar-refractivity contribution is 5.82. The van der Waals surface area contributed by atoms with Gasteiger partial charge < -0.3 is 21.3 Å². The van der Waals surface area contributed by atoms with Crippen molar-refractivity contribution in [2.24, 2.45) is 11.7 Å². The van der Waals surface area contributed by atoms with E-state index >= 15 is 0 Å². The Morgan fingerprint density at radius 3 is 2.23 bits per heavy atom. The Bertz CT molecular complexity index is 195. The monoisotopic (exact) mass is 190 g/mol. The summed E-state index contributed by atoms with van der Waals surface area (Å²) in [5.74, 6) is -3.29. The molecule has 6 heteroatoms. The van der Waals surface area contributed by atoms with Crippen molar-refractivity contribution in [2.45, 2.75) is 13.0 Å². The summed E-state index contributed by atoms with van der Waals surface area (Å²) in [5, 5.41) is 19.8. The van der Waals surface area contributed by atoms with Gasteiger partial charge in [0, 0.05) is 13.1 Å². The van der Waals surface area contributed by atoms with E-state index in [9.17, 15) is 9.59 Å². The SMILES string of the molecule is CC(C(=O)O)C(NCCN)C(=O)O. The van der Waals surface area contributed by atoms with Gasteiger partial charge in [0.2, 0.25) is 0 Å². The van der Waals surface area contributed by atoms with E-state index in [1.807, 2.05) is 0 Å². The van der Waals surface area contributed by atoms with Gasteiger partial charge in [-0.25, -0.2) is 0 Å². The summed E-state index contributed by atoms with van der Waals surface area (Å²) in [6, 6.07) is -1.08. The van der Waals surface area contributed by atoms with Gasteiger partial charge in [-0.15, -0.1) is 0 Å². The van der Waals surface area contributed by atoms with E-state index in [4.69, 9.17) is 15.9 Å². The molecule has 0 aromatic rings. The van der Waals surface area contributed by atoms with Crippen LogP contribution in [0.1, 0.15) is 6.92 Å². The Kier molecular flexibility index (Phi) is 5.01. The number of nitrogens with two attached hydrogens (primary N) is 1. The third kappa shape index (κ3) is 3.86. The summed E-state index contributed by atoms with van der Waals surface area (Å²) in [4.78, 5) is 21.1. The molecule has 0 saturated carbocycles. The van der Waals surface area contributed by atoms with Gasteiger partial charge in [0.1, 0.15) is 6.04 Å². The third-order valence-corrected chi connectivity index (χ3v) is 1.66. The number of rotatable bonds is 6. The first-order valence-electron chi connectivity index (χ1n) is 3.89. The van der Waals surface area contributed by atoms with Crippen molar-refractivity contribution in [3.8, 4) is 0 Å². The second-order valence-corrected chi connectivity index (χ2v) is 2.69. The van der Waals surface area contributed by atoms with Gasteiger partial charge in [-0.1, -0.05) is 0 Å². The van der Waals surface area contributed by atoms with Crippen LogP contribution in [0.15, 0.2) is 0 Å². The van der Waals surface area contributed by atoms with Gasteiger partial charge in [0.15, 0.2) is 0 Å².